The van der Waals surface area contributed by atoms with Crippen molar-refractivity contribution in [2.45, 2.75) is 0 Å². The Morgan fingerprint density at radius 3 is 1.61 bits per heavy atom. The van der Waals surface area contributed by atoms with Crippen LogP contribution >= 0.6 is 11.3 Å². The Bertz CT molecular complexity index is 3240. The van der Waals surface area contributed by atoms with Gasteiger partial charge in [0.15, 0.2) is 17.5 Å². The first-order valence-electron chi connectivity index (χ1n) is 18.7. The molecule has 0 spiro atoms. The van der Waals surface area contributed by atoms with Crippen LogP contribution in [0.3, 0.4) is 0 Å². The van der Waals surface area contributed by atoms with Gasteiger partial charge in [-0.2, -0.15) is 0 Å². The first-order valence-corrected chi connectivity index (χ1v) is 19.5. The monoisotopic (exact) mass is 733 g/mol. The minimum atomic E-state index is 0.608. The molecular weight excluding hydrogens is 703 g/mol. The molecule has 0 fully saturated rings. The van der Waals surface area contributed by atoms with Crippen molar-refractivity contribution in [1.82, 2.24) is 15.0 Å². The van der Waals surface area contributed by atoms with Crippen LogP contribution in [-0.4, -0.2) is 15.0 Å². The summed E-state index contributed by atoms with van der Waals surface area (Å²) in [6.45, 7) is 0. The summed E-state index contributed by atoms with van der Waals surface area (Å²) >= 11 is 1.80. The van der Waals surface area contributed by atoms with E-state index in [4.69, 9.17) is 19.4 Å². The number of rotatable bonds is 6. The minimum Gasteiger partial charge on any atom is -0.456 e. The maximum absolute atomic E-state index is 6.27. The van der Waals surface area contributed by atoms with Crippen molar-refractivity contribution < 1.29 is 4.42 Å². The maximum Gasteiger partial charge on any atom is 0.164 e. The van der Waals surface area contributed by atoms with Gasteiger partial charge in [-0.25, -0.2) is 15.0 Å². The average Bonchev–Trinajstić information content (AvgIpc) is 3.85. The first kappa shape index (κ1) is 32.2. The summed E-state index contributed by atoms with van der Waals surface area (Å²) in [5, 5.41) is 4.36. The molecule has 0 bridgehead atoms. The van der Waals surface area contributed by atoms with E-state index in [1.165, 1.54) is 42.6 Å². The van der Waals surface area contributed by atoms with Gasteiger partial charge in [-0.05, 0) is 69.8 Å². The maximum atomic E-state index is 6.27. The molecule has 3 heterocycles. The van der Waals surface area contributed by atoms with E-state index in [9.17, 15) is 0 Å². The molecule has 11 aromatic rings. The Labute approximate surface area is 327 Å². The molecule has 0 atom stereocenters. The minimum absolute atomic E-state index is 0.608. The smallest absolute Gasteiger partial charge is 0.164 e. The second-order valence-corrected chi connectivity index (χ2v) is 15.0. The van der Waals surface area contributed by atoms with Gasteiger partial charge in [0.2, 0.25) is 0 Å². The molecule has 0 N–H and O–H groups in total. The van der Waals surface area contributed by atoms with Crippen LogP contribution < -0.4 is 0 Å². The third-order valence-electron chi connectivity index (χ3n) is 10.6. The van der Waals surface area contributed by atoms with Gasteiger partial charge in [0.25, 0.3) is 0 Å². The van der Waals surface area contributed by atoms with Gasteiger partial charge >= 0.3 is 0 Å². The van der Waals surface area contributed by atoms with Crippen LogP contribution in [0, 0.1) is 0 Å². The summed E-state index contributed by atoms with van der Waals surface area (Å²) in [5.74, 6) is 1.87. The predicted octanol–water partition coefficient (Wildman–Crippen LogP) is 14.1. The number of hydrogen-bond acceptors (Lipinski definition) is 5. The number of para-hydroxylation sites is 1. The molecule has 262 valence electrons. The summed E-state index contributed by atoms with van der Waals surface area (Å²) in [5.41, 5.74) is 11.6. The fraction of sp³-hybridized carbons (Fsp3) is 0. The van der Waals surface area contributed by atoms with Crippen molar-refractivity contribution in [3.05, 3.63) is 188 Å². The van der Waals surface area contributed by atoms with Crippen LogP contribution in [0.4, 0.5) is 0 Å². The van der Waals surface area contributed by atoms with Crippen LogP contribution in [0.15, 0.2) is 192 Å². The molecule has 0 unspecified atom stereocenters. The van der Waals surface area contributed by atoms with Gasteiger partial charge in [0.1, 0.15) is 11.2 Å². The zero-order chi connectivity index (χ0) is 37.0. The molecular formula is C51H31N3OS. The number of hydrogen-bond donors (Lipinski definition) is 0. The molecule has 56 heavy (non-hydrogen) atoms. The normalized spacial score (nSPS) is 11.6. The Balaban J connectivity index is 1.05. The van der Waals surface area contributed by atoms with E-state index >= 15 is 0 Å². The second kappa shape index (κ2) is 13.3. The lowest BCUT2D eigenvalue weighted by atomic mass is 9.96. The van der Waals surface area contributed by atoms with E-state index in [-0.39, 0.29) is 0 Å². The van der Waals surface area contributed by atoms with Crippen molar-refractivity contribution in [2.75, 3.05) is 0 Å². The van der Waals surface area contributed by atoms with Crippen molar-refractivity contribution in [1.29, 1.82) is 0 Å². The number of thiophene rings is 1. The van der Waals surface area contributed by atoms with E-state index < -0.39 is 0 Å². The molecule has 0 aliphatic heterocycles. The highest BCUT2D eigenvalue weighted by Gasteiger charge is 2.20. The summed E-state index contributed by atoms with van der Waals surface area (Å²) in [6.07, 6.45) is 0. The number of furan rings is 1. The molecule has 0 aliphatic rings. The first-order chi connectivity index (χ1) is 27.7. The third-order valence-corrected chi connectivity index (χ3v) is 11.7. The van der Waals surface area contributed by atoms with Gasteiger partial charge in [-0.15, -0.1) is 11.3 Å². The Hall–Kier alpha value is -7.21. The fourth-order valence-electron chi connectivity index (χ4n) is 7.85. The van der Waals surface area contributed by atoms with Crippen LogP contribution in [0.25, 0.3) is 110 Å². The van der Waals surface area contributed by atoms with E-state index in [2.05, 4.69) is 140 Å². The molecule has 0 aliphatic carbocycles. The summed E-state index contributed by atoms with van der Waals surface area (Å²) < 4.78 is 8.68. The Kier molecular flexibility index (Phi) is 7.64. The van der Waals surface area contributed by atoms with Crippen molar-refractivity contribution >= 4 is 53.4 Å². The number of benzene rings is 8. The Morgan fingerprint density at radius 1 is 0.321 bits per heavy atom. The van der Waals surface area contributed by atoms with Gasteiger partial charge < -0.3 is 4.42 Å². The molecule has 11 rings (SSSR count). The summed E-state index contributed by atoms with van der Waals surface area (Å²) in [6, 6.07) is 65.8. The fourth-order valence-corrected chi connectivity index (χ4v) is 8.96. The van der Waals surface area contributed by atoms with Crippen LogP contribution in [-0.2, 0) is 0 Å². The largest absolute Gasteiger partial charge is 0.456 e. The predicted molar refractivity (Wildman–Crippen MR) is 233 cm³/mol. The molecule has 3 aromatic heterocycles. The van der Waals surface area contributed by atoms with E-state index in [1.54, 1.807) is 11.3 Å². The summed E-state index contributed by atoms with van der Waals surface area (Å²) in [7, 11) is 0. The highest BCUT2D eigenvalue weighted by Crippen LogP contribution is 2.42. The number of nitrogens with zero attached hydrogens (tertiary/aromatic N) is 3. The molecule has 5 heteroatoms. The lowest BCUT2D eigenvalue weighted by molar-refractivity contribution is 0.669. The average molecular weight is 734 g/mol. The molecule has 8 aromatic carbocycles. The number of aromatic nitrogens is 3. The number of fused-ring (bicyclic) bond motifs is 6. The molecule has 0 saturated carbocycles. The van der Waals surface area contributed by atoms with Gasteiger partial charge in [-0.3, -0.25) is 0 Å². The van der Waals surface area contributed by atoms with E-state index in [0.29, 0.717) is 17.5 Å². The quantitative estimate of drug-likeness (QED) is 0.171. The Morgan fingerprint density at radius 2 is 0.839 bits per heavy atom. The zero-order valence-corrected chi connectivity index (χ0v) is 30.9. The lowest BCUT2D eigenvalue weighted by Gasteiger charge is -2.11. The topological polar surface area (TPSA) is 51.8 Å². The molecule has 0 radical (unpaired) electrons. The highest BCUT2D eigenvalue weighted by molar-refractivity contribution is 7.26. The standard InChI is InChI=1S/C51H31N3OS/c1-3-12-32(13-4-1)33-24-26-34(27-25-33)36-16-9-17-37(30-36)38-28-29-45-42(31-38)48-41(20-11-23-46(48)56-45)51-53-49(35-14-5-2-6-15-35)52-50(54-51)40-19-10-22-44-47(40)39-18-7-8-21-43(39)55-44/h1-31H. The molecule has 4 nitrogen and oxygen atoms in total. The van der Waals surface area contributed by atoms with Crippen molar-refractivity contribution in [3.8, 4) is 67.5 Å². The SMILES string of the molecule is c1ccc(-c2ccc(-c3cccc(-c4ccc5sc6cccc(-c7nc(-c8ccccc8)nc(-c8cccc9oc%10ccccc%10c89)n7)c6c5c4)c3)cc2)cc1. The van der Waals surface area contributed by atoms with Gasteiger partial charge in [0.05, 0.1) is 0 Å². The van der Waals surface area contributed by atoms with E-state index in [1.807, 2.05) is 48.5 Å². The molecule has 0 saturated heterocycles. The highest BCUT2D eigenvalue weighted by atomic mass is 32.1. The second-order valence-electron chi connectivity index (χ2n) is 14.0. The zero-order valence-electron chi connectivity index (χ0n) is 30.1. The van der Waals surface area contributed by atoms with Crippen molar-refractivity contribution in [3.63, 3.8) is 0 Å². The van der Waals surface area contributed by atoms with E-state index in [0.717, 1.165) is 49.6 Å². The van der Waals surface area contributed by atoms with Crippen LogP contribution in [0.1, 0.15) is 0 Å². The van der Waals surface area contributed by atoms with Crippen molar-refractivity contribution in [2.24, 2.45) is 0 Å². The third kappa shape index (κ3) is 5.56. The molecule has 0 amide bonds. The van der Waals surface area contributed by atoms with Crippen LogP contribution in [0.5, 0.6) is 0 Å². The van der Waals surface area contributed by atoms with Gasteiger partial charge in [-0.1, -0.05) is 152 Å². The van der Waals surface area contributed by atoms with Crippen LogP contribution in [0.2, 0.25) is 0 Å². The lowest BCUT2D eigenvalue weighted by Crippen LogP contribution is -2.00. The summed E-state index contributed by atoms with van der Waals surface area (Å²) in [4.78, 5) is 15.6. The van der Waals surface area contributed by atoms with Gasteiger partial charge in [0, 0.05) is 47.6 Å².